The Morgan fingerprint density at radius 3 is 2.14 bits per heavy atom. The first-order valence-corrected chi connectivity index (χ1v) is 7.27. The van der Waals surface area contributed by atoms with Gasteiger partial charge >= 0.3 is 0 Å². The van der Waals surface area contributed by atoms with Crippen LogP contribution < -0.4 is 14.2 Å². The minimum atomic E-state index is -0.0377. The van der Waals surface area contributed by atoms with Gasteiger partial charge in [0.25, 0.3) is 0 Å². The van der Waals surface area contributed by atoms with Crippen LogP contribution in [0.25, 0.3) is 0 Å². The van der Waals surface area contributed by atoms with Crippen molar-refractivity contribution in [2.75, 3.05) is 33.5 Å². The monoisotopic (exact) mass is 296 g/mol. The van der Waals surface area contributed by atoms with Gasteiger partial charge in [0, 0.05) is 13.5 Å². The molecule has 0 heterocycles. The van der Waals surface area contributed by atoms with Gasteiger partial charge in [-0.3, -0.25) is 4.79 Å². The molecule has 0 spiro atoms. The maximum atomic E-state index is 12.3. The van der Waals surface area contributed by atoms with E-state index < -0.39 is 0 Å². The fraction of sp³-hybridized carbons (Fsp3) is 0.562. The molecule has 5 heteroatoms. The third-order valence-electron chi connectivity index (χ3n) is 2.79. The molecular formula is C16H24O5. The largest absolute Gasteiger partial charge is 0.490 e. The highest BCUT2D eigenvalue weighted by Crippen LogP contribution is 2.41. The Balaban J connectivity index is 3.23. The molecule has 1 aromatic rings. The average Bonchev–Trinajstić information content (AvgIpc) is 2.48. The van der Waals surface area contributed by atoms with E-state index in [1.54, 1.807) is 19.2 Å². The number of carbonyl (C=O) groups is 1. The van der Waals surface area contributed by atoms with Gasteiger partial charge < -0.3 is 18.9 Å². The SMILES string of the molecule is CCOc1ccc(C(=O)CCOC)c(OCC)c1OCC. The van der Waals surface area contributed by atoms with Crippen molar-refractivity contribution in [3.8, 4) is 17.2 Å². The summed E-state index contributed by atoms with van der Waals surface area (Å²) in [7, 11) is 1.57. The van der Waals surface area contributed by atoms with Crippen LogP contribution in [0.2, 0.25) is 0 Å². The lowest BCUT2D eigenvalue weighted by atomic mass is 10.1. The Morgan fingerprint density at radius 1 is 0.952 bits per heavy atom. The van der Waals surface area contributed by atoms with Crippen molar-refractivity contribution in [1.82, 2.24) is 0 Å². The number of methoxy groups -OCH3 is 1. The van der Waals surface area contributed by atoms with E-state index in [0.29, 0.717) is 55.7 Å². The van der Waals surface area contributed by atoms with Gasteiger partial charge in [-0.15, -0.1) is 0 Å². The summed E-state index contributed by atoms with van der Waals surface area (Å²) < 4.78 is 21.8. The number of hydrogen-bond donors (Lipinski definition) is 0. The summed E-state index contributed by atoms with van der Waals surface area (Å²) in [5.41, 5.74) is 0.501. The molecule has 21 heavy (non-hydrogen) atoms. The number of ketones is 1. The molecule has 1 aromatic carbocycles. The number of carbonyl (C=O) groups excluding carboxylic acids is 1. The molecule has 0 bridgehead atoms. The van der Waals surface area contributed by atoms with Crippen molar-refractivity contribution in [2.24, 2.45) is 0 Å². The number of rotatable bonds is 10. The highest BCUT2D eigenvalue weighted by Gasteiger charge is 2.21. The lowest BCUT2D eigenvalue weighted by Gasteiger charge is -2.18. The third kappa shape index (κ3) is 4.63. The molecule has 1 rings (SSSR count). The van der Waals surface area contributed by atoms with Crippen LogP contribution in [0.3, 0.4) is 0 Å². The lowest BCUT2D eigenvalue weighted by molar-refractivity contribution is 0.0927. The highest BCUT2D eigenvalue weighted by molar-refractivity contribution is 6.00. The number of hydrogen-bond acceptors (Lipinski definition) is 5. The molecule has 0 radical (unpaired) electrons. The summed E-state index contributed by atoms with van der Waals surface area (Å²) in [6, 6.07) is 3.47. The minimum Gasteiger partial charge on any atom is -0.490 e. The molecular weight excluding hydrogens is 272 g/mol. The van der Waals surface area contributed by atoms with E-state index in [1.807, 2.05) is 20.8 Å². The summed E-state index contributed by atoms with van der Waals surface area (Å²) >= 11 is 0. The Hall–Kier alpha value is -1.75. The summed E-state index contributed by atoms with van der Waals surface area (Å²) in [5, 5.41) is 0. The zero-order valence-corrected chi connectivity index (χ0v) is 13.2. The fourth-order valence-electron chi connectivity index (χ4n) is 1.93. The fourth-order valence-corrected chi connectivity index (χ4v) is 1.93. The molecule has 0 aromatic heterocycles. The van der Waals surface area contributed by atoms with Crippen LogP contribution in [0.4, 0.5) is 0 Å². The number of Topliss-reactive ketones (excluding diaryl/α,β-unsaturated/α-hetero) is 1. The van der Waals surface area contributed by atoms with Gasteiger partial charge in [-0.1, -0.05) is 0 Å². The van der Waals surface area contributed by atoms with Gasteiger partial charge in [0.2, 0.25) is 5.75 Å². The van der Waals surface area contributed by atoms with Gasteiger partial charge in [0.1, 0.15) is 0 Å². The molecule has 118 valence electrons. The Bertz CT molecular complexity index is 456. The molecule has 0 N–H and O–H groups in total. The van der Waals surface area contributed by atoms with Gasteiger partial charge in [-0.25, -0.2) is 0 Å². The molecule has 0 unspecified atom stereocenters. The van der Waals surface area contributed by atoms with Crippen LogP contribution in [0.1, 0.15) is 37.6 Å². The predicted molar refractivity (Wildman–Crippen MR) is 80.8 cm³/mol. The van der Waals surface area contributed by atoms with Gasteiger partial charge in [0.15, 0.2) is 17.3 Å². The molecule has 0 amide bonds. The van der Waals surface area contributed by atoms with Crippen LogP contribution in [0, 0.1) is 0 Å². The maximum absolute atomic E-state index is 12.3. The van der Waals surface area contributed by atoms with Crippen molar-refractivity contribution < 1.29 is 23.7 Å². The Kier molecular flexibility index (Phi) is 7.61. The zero-order chi connectivity index (χ0) is 15.7. The number of ether oxygens (including phenoxy) is 4. The number of benzene rings is 1. The van der Waals surface area contributed by atoms with Crippen LogP contribution in [-0.4, -0.2) is 39.3 Å². The lowest BCUT2D eigenvalue weighted by Crippen LogP contribution is -2.09. The summed E-state index contributed by atoms with van der Waals surface area (Å²) in [4.78, 5) is 12.3. The van der Waals surface area contributed by atoms with E-state index >= 15 is 0 Å². The van der Waals surface area contributed by atoms with E-state index in [9.17, 15) is 4.79 Å². The van der Waals surface area contributed by atoms with Gasteiger partial charge in [-0.05, 0) is 32.9 Å². The molecule has 0 saturated heterocycles. The molecule has 0 aliphatic heterocycles. The zero-order valence-electron chi connectivity index (χ0n) is 13.2. The molecule has 0 fully saturated rings. The second-order valence-electron chi connectivity index (χ2n) is 4.23. The van der Waals surface area contributed by atoms with E-state index in [4.69, 9.17) is 18.9 Å². The van der Waals surface area contributed by atoms with E-state index in [-0.39, 0.29) is 5.78 Å². The highest BCUT2D eigenvalue weighted by atomic mass is 16.5. The minimum absolute atomic E-state index is 0.0377. The first-order valence-electron chi connectivity index (χ1n) is 7.27. The van der Waals surface area contributed by atoms with Crippen molar-refractivity contribution >= 4 is 5.78 Å². The van der Waals surface area contributed by atoms with Crippen molar-refractivity contribution in [3.63, 3.8) is 0 Å². The Morgan fingerprint density at radius 2 is 1.57 bits per heavy atom. The molecule has 0 atom stereocenters. The van der Waals surface area contributed by atoms with Crippen LogP contribution in [0.15, 0.2) is 12.1 Å². The first kappa shape index (κ1) is 17.3. The summed E-state index contributed by atoms with van der Waals surface area (Å²) in [6.45, 7) is 7.45. The molecule has 0 aliphatic rings. The molecule has 0 aliphatic carbocycles. The van der Waals surface area contributed by atoms with E-state index in [1.165, 1.54) is 0 Å². The topological polar surface area (TPSA) is 54.0 Å². The van der Waals surface area contributed by atoms with E-state index in [2.05, 4.69) is 0 Å². The summed E-state index contributed by atoms with van der Waals surface area (Å²) in [5.74, 6) is 1.49. The first-order chi connectivity index (χ1) is 10.2. The predicted octanol–water partition coefficient (Wildman–Crippen LogP) is 3.10. The van der Waals surface area contributed by atoms with Crippen LogP contribution in [-0.2, 0) is 4.74 Å². The maximum Gasteiger partial charge on any atom is 0.204 e. The van der Waals surface area contributed by atoms with Crippen LogP contribution >= 0.6 is 0 Å². The molecule has 5 nitrogen and oxygen atoms in total. The standard InChI is InChI=1S/C16H24O5/c1-5-19-14-9-8-12(13(17)10-11-18-4)15(20-6-2)16(14)21-7-3/h8-9H,5-7,10-11H2,1-4H3. The van der Waals surface area contributed by atoms with Gasteiger partial charge in [0.05, 0.1) is 32.0 Å². The van der Waals surface area contributed by atoms with E-state index in [0.717, 1.165) is 0 Å². The Labute approximate surface area is 126 Å². The van der Waals surface area contributed by atoms with Crippen molar-refractivity contribution in [3.05, 3.63) is 17.7 Å². The summed E-state index contributed by atoms with van der Waals surface area (Å²) in [6.07, 6.45) is 0.302. The smallest absolute Gasteiger partial charge is 0.204 e. The van der Waals surface area contributed by atoms with Crippen molar-refractivity contribution in [1.29, 1.82) is 0 Å². The second kappa shape index (κ2) is 9.23. The average molecular weight is 296 g/mol. The second-order valence-corrected chi connectivity index (χ2v) is 4.23. The normalized spacial score (nSPS) is 10.3. The quantitative estimate of drug-likeness (QED) is 0.621. The van der Waals surface area contributed by atoms with Crippen molar-refractivity contribution in [2.45, 2.75) is 27.2 Å². The van der Waals surface area contributed by atoms with Gasteiger partial charge in [-0.2, -0.15) is 0 Å². The molecule has 0 saturated carbocycles. The van der Waals surface area contributed by atoms with Crippen LogP contribution in [0.5, 0.6) is 17.2 Å². The third-order valence-corrected chi connectivity index (χ3v) is 2.79.